The molecule has 0 saturated carbocycles. The number of hydrogen-bond donors (Lipinski definition) is 1. The van der Waals surface area contributed by atoms with Crippen molar-refractivity contribution < 1.29 is 19.0 Å². The highest BCUT2D eigenvalue weighted by molar-refractivity contribution is 5.74. The third-order valence-electron chi connectivity index (χ3n) is 2.20. The second-order valence-corrected chi connectivity index (χ2v) is 3.31. The molecule has 0 heterocycles. The van der Waals surface area contributed by atoms with Crippen LogP contribution in [0, 0.1) is 12.7 Å². The molecule has 0 aromatic heterocycles. The van der Waals surface area contributed by atoms with E-state index in [4.69, 9.17) is 0 Å². The average Bonchev–Trinajstić information content (AvgIpc) is 2.22. The van der Waals surface area contributed by atoms with Crippen LogP contribution in [0.1, 0.15) is 11.1 Å². The molecule has 1 aromatic carbocycles. The van der Waals surface area contributed by atoms with Crippen LogP contribution in [0.2, 0.25) is 0 Å². The van der Waals surface area contributed by atoms with E-state index in [0.29, 0.717) is 5.56 Å². The van der Waals surface area contributed by atoms with Crippen LogP contribution in [-0.2, 0) is 16.0 Å². The van der Waals surface area contributed by atoms with Gasteiger partial charge in [0.1, 0.15) is 5.82 Å². The van der Waals surface area contributed by atoms with E-state index in [0.717, 1.165) is 5.56 Å². The summed E-state index contributed by atoms with van der Waals surface area (Å²) < 4.78 is 17.3. The number of benzene rings is 1. The number of esters is 1. The van der Waals surface area contributed by atoms with Gasteiger partial charge in [-0.25, -0.2) is 9.18 Å². The number of hydrogen-bond acceptors (Lipinski definition) is 3. The summed E-state index contributed by atoms with van der Waals surface area (Å²) in [5.41, 5.74) is 1.44. The molecule has 4 heteroatoms. The van der Waals surface area contributed by atoms with Gasteiger partial charge < -0.3 is 9.84 Å². The number of ether oxygens (including phenoxy) is 1. The van der Waals surface area contributed by atoms with E-state index in [2.05, 4.69) is 4.74 Å². The van der Waals surface area contributed by atoms with Crippen molar-refractivity contribution in [2.24, 2.45) is 0 Å². The zero-order valence-electron chi connectivity index (χ0n) is 8.66. The van der Waals surface area contributed by atoms with Gasteiger partial charge in [0.25, 0.3) is 0 Å². The monoisotopic (exact) mass is 212 g/mol. The summed E-state index contributed by atoms with van der Waals surface area (Å²) in [6.07, 6.45) is -1.17. The predicted octanol–water partition coefficient (Wildman–Crippen LogP) is 1.21. The SMILES string of the molecule is COC(=O)C(O)Cc1cc(F)ccc1C. The van der Waals surface area contributed by atoms with Crippen LogP contribution in [0.15, 0.2) is 18.2 Å². The maximum atomic E-state index is 12.9. The molecule has 0 spiro atoms. The van der Waals surface area contributed by atoms with Crippen LogP contribution in [0.4, 0.5) is 4.39 Å². The summed E-state index contributed by atoms with van der Waals surface area (Å²) in [6, 6.07) is 4.25. The van der Waals surface area contributed by atoms with Crippen molar-refractivity contribution in [1.29, 1.82) is 0 Å². The molecule has 0 bridgehead atoms. The van der Waals surface area contributed by atoms with Gasteiger partial charge in [0.2, 0.25) is 0 Å². The Hall–Kier alpha value is -1.42. The molecule has 0 fully saturated rings. The lowest BCUT2D eigenvalue weighted by Crippen LogP contribution is -2.24. The van der Waals surface area contributed by atoms with E-state index in [9.17, 15) is 14.3 Å². The second-order valence-electron chi connectivity index (χ2n) is 3.31. The first-order valence-electron chi connectivity index (χ1n) is 4.55. The minimum absolute atomic E-state index is 0.0657. The van der Waals surface area contributed by atoms with Crippen LogP contribution in [0.5, 0.6) is 0 Å². The van der Waals surface area contributed by atoms with E-state index in [1.807, 2.05) is 0 Å². The molecule has 0 radical (unpaired) electrons. The van der Waals surface area contributed by atoms with Crippen molar-refractivity contribution in [2.45, 2.75) is 19.4 Å². The Morgan fingerprint density at radius 3 is 2.87 bits per heavy atom. The zero-order chi connectivity index (χ0) is 11.4. The largest absolute Gasteiger partial charge is 0.467 e. The smallest absolute Gasteiger partial charge is 0.335 e. The van der Waals surface area contributed by atoms with Gasteiger partial charge in [0.15, 0.2) is 6.10 Å². The van der Waals surface area contributed by atoms with Crippen molar-refractivity contribution >= 4 is 5.97 Å². The minimum Gasteiger partial charge on any atom is -0.467 e. The van der Waals surface area contributed by atoms with Crippen molar-refractivity contribution in [2.75, 3.05) is 7.11 Å². The fraction of sp³-hybridized carbons (Fsp3) is 0.364. The fourth-order valence-electron chi connectivity index (χ4n) is 1.29. The molecule has 0 amide bonds. The molecule has 0 saturated heterocycles. The maximum Gasteiger partial charge on any atom is 0.335 e. The first kappa shape index (κ1) is 11.7. The van der Waals surface area contributed by atoms with Gasteiger partial charge >= 0.3 is 5.97 Å². The van der Waals surface area contributed by atoms with E-state index in [1.165, 1.54) is 19.2 Å². The third kappa shape index (κ3) is 3.02. The number of aryl methyl sites for hydroxylation is 1. The highest BCUT2D eigenvalue weighted by Gasteiger charge is 2.16. The summed E-state index contributed by atoms with van der Waals surface area (Å²) in [5, 5.41) is 9.39. The predicted molar refractivity (Wildman–Crippen MR) is 52.9 cm³/mol. The van der Waals surface area contributed by atoms with Crippen LogP contribution >= 0.6 is 0 Å². The molecule has 1 unspecified atom stereocenters. The number of aliphatic hydroxyl groups is 1. The quantitative estimate of drug-likeness (QED) is 0.766. The van der Waals surface area contributed by atoms with Gasteiger partial charge in [0.05, 0.1) is 7.11 Å². The van der Waals surface area contributed by atoms with Crippen molar-refractivity contribution in [3.63, 3.8) is 0 Å². The first-order valence-corrected chi connectivity index (χ1v) is 4.55. The van der Waals surface area contributed by atoms with Crippen LogP contribution in [0.25, 0.3) is 0 Å². The number of carbonyl (C=O) groups is 1. The second kappa shape index (κ2) is 4.89. The van der Waals surface area contributed by atoms with E-state index < -0.39 is 12.1 Å². The topological polar surface area (TPSA) is 46.5 Å². The van der Waals surface area contributed by atoms with E-state index in [-0.39, 0.29) is 12.2 Å². The Bertz CT molecular complexity index is 363. The van der Waals surface area contributed by atoms with Gasteiger partial charge in [-0.1, -0.05) is 6.07 Å². The van der Waals surface area contributed by atoms with E-state index >= 15 is 0 Å². The Balaban J connectivity index is 2.80. The lowest BCUT2D eigenvalue weighted by Gasteiger charge is -2.10. The molecule has 1 atom stereocenters. The Kier molecular flexibility index (Phi) is 3.80. The molecule has 0 aliphatic rings. The molecule has 15 heavy (non-hydrogen) atoms. The van der Waals surface area contributed by atoms with E-state index in [1.54, 1.807) is 13.0 Å². The molecule has 1 rings (SSSR count). The van der Waals surface area contributed by atoms with Gasteiger partial charge in [-0.2, -0.15) is 0 Å². The standard InChI is InChI=1S/C11H13FO3/c1-7-3-4-9(12)5-8(7)6-10(13)11(14)15-2/h3-5,10,13H,6H2,1-2H3. The maximum absolute atomic E-state index is 12.9. The number of methoxy groups -OCH3 is 1. The molecule has 1 N–H and O–H groups in total. The first-order chi connectivity index (χ1) is 7.04. The highest BCUT2D eigenvalue weighted by atomic mass is 19.1. The molecular weight excluding hydrogens is 199 g/mol. The highest BCUT2D eigenvalue weighted by Crippen LogP contribution is 2.12. The van der Waals surface area contributed by atoms with Crippen molar-refractivity contribution in [1.82, 2.24) is 0 Å². The lowest BCUT2D eigenvalue weighted by molar-refractivity contribution is -0.150. The third-order valence-corrected chi connectivity index (χ3v) is 2.20. The number of aliphatic hydroxyl groups excluding tert-OH is 1. The number of carbonyl (C=O) groups excluding carboxylic acids is 1. The summed E-state index contributed by atoms with van der Waals surface area (Å²) >= 11 is 0. The summed E-state index contributed by atoms with van der Waals surface area (Å²) in [6.45, 7) is 1.79. The molecule has 0 aliphatic carbocycles. The summed E-state index contributed by atoms with van der Waals surface area (Å²) in [7, 11) is 1.20. The van der Waals surface area contributed by atoms with Gasteiger partial charge in [-0.3, -0.25) is 0 Å². The molecule has 1 aromatic rings. The molecule has 3 nitrogen and oxygen atoms in total. The van der Waals surface area contributed by atoms with Crippen LogP contribution in [0.3, 0.4) is 0 Å². The number of rotatable bonds is 3. The van der Waals surface area contributed by atoms with Crippen molar-refractivity contribution in [3.8, 4) is 0 Å². The summed E-state index contributed by atoms with van der Waals surface area (Å²) in [4.78, 5) is 10.9. The van der Waals surface area contributed by atoms with Gasteiger partial charge in [0, 0.05) is 6.42 Å². The minimum atomic E-state index is -1.24. The van der Waals surface area contributed by atoms with Gasteiger partial charge in [-0.15, -0.1) is 0 Å². The summed E-state index contributed by atoms with van der Waals surface area (Å²) in [5.74, 6) is -1.09. The molecule has 82 valence electrons. The zero-order valence-corrected chi connectivity index (χ0v) is 8.66. The van der Waals surface area contributed by atoms with Crippen LogP contribution in [-0.4, -0.2) is 24.3 Å². The Morgan fingerprint density at radius 1 is 1.60 bits per heavy atom. The fourth-order valence-corrected chi connectivity index (χ4v) is 1.29. The number of halogens is 1. The Labute approximate surface area is 87.5 Å². The van der Waals surface area contributed by atoms with Crippen LogP contribution < -0.4 is 0 Å². The van der Waals surface area contributed by atoms with Gasteiger partial charge in [-0.05, 0) is 30.2 Å². The average molecular weight is 212 g/mol. The molecular formula is C11H13FO3. The normalized spacial score (nSPS) is 12.3. The molecule has 0 aliphatic heterocycles. The lowest BCUT2D eigenvalue weighted by atomic mass is 10.0. The van der Waals surface area contributed by atoms with Crippen molar-refractivity contribution in [3.05, 3.63) is 35.1 Å². The Morgan fingerprint density at radius 2 is 2.27 bits per heavy atom.